The molecule has 0 aromatic heterocycles. The summed E-state index contributed by atoms with van der Waals surface area (Å²) in [5.74, 6) is -0.798. The van der Waals surface area contributed by atoms with Gasteiger partial charge in [-0.25, -0.2) is 0 Å². The van der Waals surface area contributed by atoms with Crippen molar-refractivity contribution >= 4 is 11.9 Å². The Kier molecular flexibility index (Phi) is 5.57. The number of amides is 1. The lowest BCUT2D eigenvalue weighted by Crippen LogP contribution is -2.60. The van der Waals surface area contributed by atoms with Crippen LogP contribution in [0.3, 0.4) is 0 Å². The number of hydrogen-bond acceptors (Lipinski definition) is 3. The van der Waals surface area contributed by atoms with Crippen molar-refractivity contribution in [3.05, 3.63) is 0 Å². The standard InChI is InChI=1S/C15H28N2O3/c1-6-16(7-2)13(18)11(3)17-10-8-9-15(4,5)12(17)14(19)20/h11-12H,6-10H2,1-5H3,(H,19,20). The van der Waals surface area contributed by atoms with Crippen molar-refractivity contribution in [2.75, 3.05) is 19.6 Å². The molecular formula is C15H28N2O3. The predicted molar refractivity (Wildman–Crippen MR) is 78.5 cm³/mol. The lowest BCUT2D eigenvalue weighted by molar-refractivity contribution is -0.155. The van der Waals surface area contributed by atoms with Gasteiger partial charge in [-0.05, 0) is 45.6 Å². The Morgan fingerprint density at radius 1 is 1.35 bits per heavy atom. The molecule has 2 atom stereocenters. The Labute approximate surface area is 121 Å². The maximum absolute atomic E-state index is 12.5. The summed E-state index contributed by atoms with van der Waals surface area (Å²) in [7, 11) is 0. The van der Waals surface area contributed by atoms with Gasteiger partial charge < -0.3 is 10.0 Å². The average Bonchev–Trinajstić information content (AvgIpc) is 2.37. The highest BCUT2D eigenvalue weighted by molar-refractivity contribution is 5.83. The molecule has 5 heteroatoms. The molecule has 0 aromatic rings. The Hall–Kier alpha value is -1.10. The summed E-state index contributed by atoms with van der Waals surface area (Å²) in [6, 6.07) is -0.971. The first-order chi connectivity index (χ1) is 9.26. The van der Waals surface area contributed by atoms with Crippen LogP contribution < -0.4 is 0 Å². The SMILES string of the molecule is CCN(CC)C(=O)C(C)N1CCCC(C)(C)C1C(=O)O. The molecule has 1 saturated heterocycles. The van der Waals surface area contributed by atoms with E-state index in [-0.39, 0.29) is 17.4 Å². The molecule has 2 unspecified atom stereocenters. The molecule has 5 nitrogen and oxygen atoms in total. The number of nitrogens with zero attached hydrogens (tertiary/aromatic N) is 2. The van der Waals surface area contributed by atoms with Crippen LogP contribution in [-0.4, -0.2) is 58.5 Å². The maximum Gasteiger partial charge on any atom is 0.321 e. The van der Waals surface area contributed by atoms with Crippen LogP contribution in [-0.2, 0) is 9.59 Å². The van der Waals surface area contributed by atoms with Crippen LogP contribution in [0.25, 0.3) is 0 Å². The zero-order valence-electron chi connectivity index (χ0n) is 13.3. The zero-order chi connectivity index (χ0) is 15.5. The number of piperidine rings is 1. The van der Waals surface area contributed by atoms with Gasteiger partial charge in [0.1, 0.15) is 6.04 Å². The van der Waals surface area contributed by atoms with Crippen molar-refractivity contribution < 1.29 is 14.7 Å². The van der Waals surface area contributed by atoms with Gasteiger partial charge in [-0.3, -0.25) is 14.5 Å². The Morgan fingerprint density at radius 3 is 2.35 bits per heavy atom. The van der Waals surface area contributed by atoms with E-state index in [4.69, 9.17) is 0 Å². The molecule has 0 spiro atoms. The minimum atomic E-state index is -0.825. The van der Waals surface area contributed by atoms with E-state index in [0.717, 1.165) is 12.8 Å². The Balaban J connectivity index is 2.97. The van der Waals surface area contributed by atoms with Gasteiger partial charge in [0.15, 0.2) is 0 Å². The number of hydrogen-bond donors (Lipinski definition) is 1. The highest BCUT2D eigenvalue weighted by Crippen LogP contribution is 2.36. The summed E-state index contributed by atoms with van der Waals surface area (Å²) in [5.41, 5.74) is -0.304. The van der Waals surface area contributed by atoms with E-state index in [1.807, 2.05) is 39.5 Å². The Bertz CT molecular complexity index is 364. The van der Waals surface area contributed by atoms with Gasteiger partial charge in [0.25, 0.3) is 0 Å². The number of rotatable bonds is 5. The number of likely N-dealkylation sites (tertiary alicyclic amines) is 1. The smallest absolute Gasteiger partial charge is 0.321 e. The lowest BCUT2D eigenvalue weighted by atomic mass is 9.75. The summed E-state index contributed by atoms with van der Waals surface area (Å²) in [5, 5.41) is 9.56. The van der Waals surface area contributed by atoms with Crippen LogP contribution in [0.1, 0.15) is 47.5 Å². The lowest BCUT2D eigenvalue weighted by Gasteiger charge is -2.46. The van der Waals surface area contributed by atoms with Crippen molar-refractivity contribution in [1.82, 2.24) is 9.80 Å². The fourth-order valence-corrected chi connectivity index (χ4v) is 3.27. The summed E-state index contributed by atoms with van der Waals surface area (Å²) in [6.07, 6.45) is 1.82. The number of likely N-dealkylation sites (N-methyl/N-ethyl adjacent to an activating group) is 1. The summed E-state index contributed by atoms with van der Waals surface area (Å²) in [4.78, 5) is 27.8. The molecule has 1 aliphatic rings. The number of aliphatic carboxylic acids is 1. The average molecular weight is 284 g/mol. The summed E-state index contributed by atoms with van der Waals surface area (Å²) in [6.45, 7) is 11.7. The monoisotopic (exact) mass is 284 g/mol. The molecule has 0 aliphatic carbocycles. The van der Waals surface area contributed by atoms with Crippen molar-refractivity contribution in [3.8, 4) is 0 Å². The second-order valence-electron chi connectivity index (χ2n) is 6.26. The molecule has 1 fully saturated rings. The second kappa shape index (κ2) is 6.57. The van der Waals surface area contributed by atoms with Crippen LogP contribution in [0.5, 0.6) is 0 Å². The van der Waals surface area contributed by atoms with E-state index < -0.39 is 12.0 Å². The van der Waals surface area contributed by atoms with Crippen molar-refractivity contribution in [2.24, 2.45) is 5.41 Å². The largest absolute Gasteiger partial charge is 0.480 e. The predicted octanol–water partition coefficient (Wildman–Crippen LogP) is 1.82. The molecule has 1 amide bonds. The third kappa shape index (κ3) is 3.32. The van der Waals surface area contributed by atoms with Gasteiger partial charge in [-0.2, -0.15) is 0 Å². The zero-order valence-corrected chi connectivity index (χ0v) is 13.3. The Morgan fingerprint density at radius 2 is 1.90 bits per heavy atom. The first-order valence-electron chi connectivity index (χ1n) is 7.53. The molecule has 1 heterocycles. The molecule has 0 radical (unpaired) electrons. The molecule has 0 bridgehead atoms. The quantitative estimate of drug-likeness (QED) is 0.836. The van der Waals surface area contributed by atoms with Gasteiger partial charge in [-0.1, -0.05) is 13.8 Å². The maximum atomic E-state index is 12.5. The van der Waals surface area contributed by atoms with Crippen molar-refractivity contribution in [2.45, 2.75) is 59.5 Å². The number of carbonyl (C=O) groups is 2. The van der Waals surface area contributed by atoms with Gasteiger partial charge in [0, 0.05) is 13.1 Å². The second-order valence-corrected chi connectivity index (χ2v) is 6.26. The van der Waals surface area contributed by atoms with Crippen LogP contribution >= 0.6 is 0 Å². The topological polar surface area (TPSA) is 60.9 Å². The van der Waals surface area contributed by atoms with Gasteiger partial charge >= 0.3 is 5.97 Å². The van der Waals surface area contributed by atoms with Crippen LogP contribution in [0, 0.1) is 5.41 Å². The molecular weight excluding hydrogens is 256 g/mol. The molecule has 0 saturated carbocycles. The highest BCUT2D eigenvalue weighted by atomic mass is 16.4. The van der Waals surface area contributed by atoms with E-state index in [2.05, 4.69) is 0 Å². The van der Waals surface area contributed by atoms with E-state index in [0.29, 0.717) is 19.6 Å². The molecule has 1 aliphatic heterocycles. The van der Waals surface area contributed by atoms with Gasteiger partial charge in [-0.15, -0.1) is 0 Å². The van der Waals surface area contributed by atoms with E-state index in [1.165, 1.54) is 0 Å². The van der Waals surface area contributed by atoms with Gasteiger partial charge in [0.05, 0.1) is 6.04 Å². The summed E-state index contributed by atoms with van der Waals surface area (Å²) < 4.78 is 0. The van der Waals surface area contributed by atoms with E-state index in [9.17, 15) is 14.7 Å². The minimum Gasteiger partial charge on any atom is -0.480 e. The van der Waals surface area contributed by atoms with Gasteiger partial charge in [0.2, 0.25) is 5.91 Å². The van der Waals surface area contributed by atoms with Crippen LogP contribution in [0.4, 0.5) is 0 Å². The number of carboxylic acid groups (broad SMARTS) is 1. The van der Waals surface area contributed by atoms with E-state index >= 15 is 0 Å². The van der Waals surface area contributed by atoms with Crippen molar-refractivity contribution in [3.63, 3.8) is 0 Å². The molecule has 20 heavy (non-hydrogen) atoms. The first kappa shape index (κ1) is 17.0. The molecule has 0 aromatic carbocycles. The normalized spacial score (nSPS) is 24.1. The highest BCUT2D eigenvalue weighted by Gasteiger charge is 2.45. The number of carboxylic acids is 1. The van der Waals surface area contributed by atoms with Crippen LogP contribution in [0.2, 0.25) is 0 Å². The molecule has 116 valence electrons. The van der Waals surface area contributed by atoms with E-state index in [1.54, 1.807) is 4.90 Å². The molecule has 1 rings (SSSR count). The third-order valence-electron chi connectivity index (χ3n) is 4.47. The third-order valence-corrected chi connectivity index (χ3v) is 4.47. The summed E-state index contributed by atoms with van der Waals surface area (Å²) >= 11 is 0. The number of carbonyl (C=O) groups excluding carboxylic acids is 1. The molecule has 1 N–H and O–H groups in total. The van der Waals surface area contributed by atoms with Crippen LogP contribution in [0.15, 0.2) is 0 Å². The fourth-order valence-electron chi connectivity index (χ4n) is 3.27. The minimum absolute atomic E-state index is 0.0268. The first-order valence-corrected chi connectivity index (χ1v) is 7.53. The fraction of sp³-hybridized carbons (Fsp3) is 0.867. The van der Waals surface area contributed by atoms with Crippen molar-refractivity contribution in [1.29, 1.82) is 0 Å².